The van der Waals surface area contributed by atoms with Crippen molar-refractivity contribution in [3.8, 4) is 11.3 Å². The first kappa shape index (κ1) is 15.0. The van der Waals surface area contributed by atoms with Gasteiger partial charge in [0, 0.05) is 20.2 Å². The number of rotatable bonds is 6. The van der Waals surface area contributed by atoms with Crippen LogP contribution in [0.2, 0.25) is 25.7 Å². The minimum Gasteiger partial charge on any atom is -0.359 e. The molecule has 0 aliphatic carbocycles. The fourth-order valence-electron chi connectivity index (χ4n) is 1.83. The van der Waals surface area contributed by atoms with Gasteiger partial charge in [-0.15, -0.1) is 5.10 Å². The molecule has 0 saturated heterocycles. The van der Waals surface area contributed by atoms with Crippen molar-refractivity contribution in [1.82, 2.24) is 15.0 Å². The van der Waals surface area contributed by atoms with Gasteiger partial charge in [-0.25, -0.2) is 4.68 Å². The van der Waals surface area contributed by atoms with E-state index in [4.69, 9.17) is 4.74 Å². The number of aromatic nitrogens is 3. The Labute approximate surface area is 122 Å². The van der Waals surface area contributed by atoms with E-state index in [2.05, 4.69) is 62.1 Å². The molecule has 20 heavy (non-hydrogen) atoms. The molecule has 4 nitrogen and oxygen atoms in total. The Balaban J connectivity index is 1.97. The highest BCUT2D eigenvalue weighted by Gasteiger charge is 2.12. The van der Waals surface area contributed by atoms with Crippen LogP contribution in [0.15, 0.2) is 30.5 Å². The zero-order chi connectivity index (χ0) is 14.6. The summed E-state index contributed by atoms with van der Waals surface area (Å²) in [6.07, 6.45) is 1.78. The summed E-state index contributed by atoms with van der Waals surface area (Å²) < 4.78 is 7.55. The van der Waals surface area contributed by atoms with Crippen LogP contribution in [-0.4, -0.2) is 37.5 Å². The van der Waals surface area contributed by atoms with Crippen molar-refractivity contribution >= 4 is 21.4 Å². The van der Waals surface area contributed by atoms with E-state index < -0.39 is 8.07 Å². The minimum atomic E-state index is -1.03. The van der Waals surface area contributed by atoms with Crippen molar-refractivity contribution in [2.24, 2.45) is 0 Å². The lowest BCUT2D eigenvalue weighted by molar-refractivity contribution is 0.0784. The molecule has 0 aliphatic heterocycles. The van der Waals surface area contributed by atoms with Crippen LogP contribution in [0.1, 0.15) is 0 Å². The summed E-state index contributed by atoms with van der Waals surface area (Å²) in [5.74, 6) is 0. The first-order valence-corrected chi connectivity index (χ1v) is 10.7. The van der Waals surface area contributed by atoms with Crippen LogP contribution >= 0.6 is 0 Å². The Bertz CT molecular complexity index is 548. The lowest BCUT2D eigenvalue weighted by Crippen LogP contribution is -2.22. The minimum absolute atomic E-state index is 0.466. The van der Waals surface area contributed by atoms with Gasteiger partial charge in [0.15, 0.2) is 0 Å². The van der Waals surface area contributed by atoms with Gasteiger partial charge in [-0.05, 0) is 6.04 Å². The molecule has 0 fully saturated rings. The second-order valence-electron chi connectivity index (χ2n) is 6.33. The predicted octanol–water partition coefficient (Wildman–Crippen LogP) is 1.52. The number of hydrogen-bond acceptors (Lipinski definition) is 3. The van der Waals surface area contributed by atoms with E-state index in [0.717, 1.165) is 17.9 Å². The normalized spacial score (nSPS) is 11.8. The summed E-state index contributed by atoms with van der Waals surface area (Å²) in [6, 6.07) is 9.54. The Morgan fingerprint density at radius 2 is 1.90 bits per heavy atom. The maximum Gasteiger partial charge on any atom is 0.141 e. The van der Waals surface area contributed by atoms with Gasteiger partial charge in [0.2, 0.25) is 0 Å². The highest BCUT2D eigenvalue weighted by atomic mass is 28.3. The molecule has 0 spiro atoms. The van der Waals surface area contributed by atoms with Gasteiger partial charge in [0.25, 0.3) is 0 Å². The monoisotopic (exact) mass is 287 g/mol. The molecule has 0 amide bonds. The summed E-state index contributed by atoms with van der Waals surface area (Å²) in [6.45, 7) is 8.31. The molecule has 0 N–H and O–H groups in total. The third-order valence-corrected chi connectivity index (χ3v) is 4.88. The number of ether oxygens (including phenoxy) is 1. The summed E-state index contributed by atoms with van der Waals surface area (Å²) in [4.78, 5) is 0. The molecule has 0 radical (unpaired) electrons. The van der Waals surface area contributed by atoms with E-state index in [-0.39, 0.29) is 0 Å². The van der Waals surface area contributed by atoms with Gasteiger partial charge in [-0.2, -0.15) is 0 Å². The molecular weight excluding hydrogens is 265 g/mol. The maximum atomic E-state index is 5.74. The molecule has 1 heterocycles. The zero-order valence-electron chi connectivity index (χ0n) is 12.8. The fraction of sp³-hybridized carbons (Fsp3) is 0.429. The van der Waals surface area contributed by atoms with Crippen LogP contribution in [-0.2, 0) is 11.5 Å². The third kappa shape index (κ3) is 4.32. The smallest absolute Gasteiger partial charge is 0.141 e. The van der Waals surface area contributed by atoms with E-state index >= 15 is 0 Å². The average molecular weight is 287 g/mol. The molecule has 0 bridgehead atoms. The van der Waals surface area contributed by atoms with Crippen molar-refractivity contribution in [1.29, 1.82) is 0 Å². The molecule has 2 aromatic rings. The van der Waals surface area contributed by atoms with Crippen molar-refractivity contribution in [2.45, 2.75) is 32.4 Å². The largest absolute Gasteiger partial charge is 0.359 e. The van der Waals surface area contributed by atoms with Crippen molar-refractivity contribution < 1.29 is 4.74 Å². The zero-order valence-corrected chi connectivity index (χ0v) is 13.8. The first-order valence-electron chi connectivity index (χ1n) is 6.99. The van der Waals surface area contributed by atoms with E-state index in [1.165, 1.54) is 11.5 Å². The number of hydrogen-bond donors (Lipinski definition) is 0. The van der Waals surface area contributed by atoms with Crippen LogP contribution in [0.5, 0.6) is 0 Å². The molecule has 0 aliphatic rings. The molecule has 2 rings (SSSR count). The molecule has 0 saturated carbocycles. The maximum absolute atomic E-state index is 5.74. The highest BCUT2D eigenvalue weighted by Crippen LogP contribution is 2.16. The molecule has 106 valence electrons. The van der Waals surface area contributed by atoms with Crippen molar-refractivity contribution in [3.05, 3.63) is 30.5 Å². The lowest BCUT2D eigenvalue weighted by Gasteiger charge is -2.15. The SMILES string of the molecule is Bc1ccc(-c2cnnn2COCC[Si](C)(C)C)cc1. The average Bonchev–Trinajstić information content (AvgIpc) is 2.83. The van der Waals surface area contributed by atoms with E-state index in [1.807, 2.05) is 4.68 Å². The third-order valence-electron chi connectivity index (χ3n) is 3.18. The van der Waals surface area contributed by atoms with Gasteiger partial charge in [0.05, 0.1) is 11.9 Å². The summed E-state index contributed by atoms with van der Waals surface area (Å²) >= 11 is 0. The second-order valence-corrected chi connectivity index (χ2v) is 12.0. The van der Waals surface area contributed by atoms with E-state index in [9.17, 15) is 0 Å². The van der Waals surface area contributed by atoms with Gasteiger partial charge >= 0.3 is 0 Å². The first-order chi connectivity index (χ1) is 9.46. The van der Waals surface area contributed by atoms with Gasteiger partial charge in [-0.3, -0.25) is 0 Å². The molecule has 1 aromatic heterocycles. The lowest BCUT2D eigenvalue weighted by atomic mass is 9.95. The van der Waals surface area contributed by atoms with Crippen LogP contribution in [0, 0.1) is 0 Å². The quantitative estimate of drug-likeness (QED) is 0.597. The molecular formula is C14H22BN3OSi. The second kappa shape index (κ2) is 6.37. The van der Waals surface area contributed by atoms with Gasteiger partial charge in [-0.1, -0.05) is 54.6 Å². The predicted molar refractivity (Wildman–Crippen MR) is 87.7 cm³/mol. The molecule has 0 atom stereocenters. The Morgan fingerprint density at radius 1 is 1.20 bits per heavy atom. The Hall–Kier alpha value is -1.40. The van der Waals surface area contributed by atoms with Crippen LogP contribution in [0.4, 0.5) is 0 Å². The standard InChI is InChI=1S/C14H22BN3OSi/c1-20(2,3)9-8-19-11-18-14(10-16-17-18)12-4-6-13(15)7-5-12/h4-7,10H,8-9,11,15H2,1-3H3. The van der Waals surface area contributed by atoms with Gasteiger partial charge in [0.1, 0.15) is 14.6 Å². The fourth-order valence-corrected chi connectivity index (χ4v) is 2.59. The van der Waals surface area contributed by atoms with Crippen molar-refractivity contribution in [3.63, 3.8) is 0 Å². The highest BCUT2D eigenvalue weighted by molar-refractivity contribution is 6.76. The topological polar surface area (TPSA) is 39.9 Å². The van der Waals surface area contributed by atoms with Crippen LogP contribution in [0.25, 0.3) is 11.3 Å². The van der Waals surface area contributed by atoms with Gasteiger partial charge < -0.3 is 4.74 Å². The molecule has 6 heteroatoms. The van der Waals surface area contributed by atoms with Crippen molar-refractivity contribution in [2.75, 3.05) is 6.61 Å². The molecule has 0 unspecified atom stereocenters. The Kier molecular flexibility index (Phi) is 4.78. The summed E-state index contributed by atoms with van der Waals surface area (Å²) in [7, 11) is 1.05. The van der Waals surface area contributed by atoms with E-state index in [1.54, 1.807) is 6.20 Å². The number of nitrogens with zero attached hydrogens (tertiary/aromatic N) is 3. The summed E-state index contributed by atoms with van der Waals surface area (Å²) in [5.41, 5.74) is 3.37. The molecule has 1 aromatic carbocycles. The van der Waals surface area contributed by atoms with Crippen LogP contribution in [0.3, 0.4) is 0 Å². The Morgan fingerprint density at radius 3 is 2.55 bits per heavy atom. The van der Waals surface area contributed by atoms with E-state index in [0.29, 0.717) is 6.73 Å². The summed E-state index contributed by atoms with van der Waals surface area (Å²) in [5, 5.41) is 8.09. The number of benzene rings is 1. The van der Waals surface area contributed by atoms with Crippen LogP contribution < -0.4 is 5.46 Å².